The molecule has 1 aliphatic heterocycles. The van der Waals surface area contributed by atoms with Crippen molar-refractivity contribution >= 4 is 0 Å². The summed E-state index contributed by atoms with van der Waals surface area (Å²) in [5.74, 6) is -0.226. The topological polar surface area (TPSA) is 58.7 Å². The zero-order chi connectivity index (χ0) is 15.1. The fraction of sp³-hybridized carbons (Fsp3) is 0.625. The van der Waals surface area contributed by atoms with Gasteiger partial charge in [0.1, 0.15) is 5.82 Å². The number of likely N-dealkylation sites (tertiary alicyclic amines) is 1. The fourth-order valence-corrected chi connectivity index (χ4v) is 2.72. The summed E-state index contributed by atoms with van der Waals surface area (Å²) >= 11 is 0. The van der Waals surface area contributed by atoms with Crippen molar-refractivity contribution < 1.29 is 14.2 Å². The van der Waals surface area contributed by atoms with Crippen LogP contribution in [0.25, 0.3) is 0 Å². The van der Waals surface area contributed by atoms with Gasteiger partial charge >= 0.3 is 0 Å². The lowest BCUT2D eigenvalue weighted by atomic mass is 10.0. The van der Waals surface area contributed by atoms with Crippen LogP contribution in [0.3, 0.4) is 0 Å². The van der Waals surface area contributed by atoms with Crippen LogP contribution in [0.5, 0.6) is 0 Å². The monoisotopic (exact) mass is 296 g/mol. The molecule has 3 N–H and O–H groups in total. The molecule has 2 rings (SSSR count). The summed E-state index contributed by atoms with van der Waals surface area (Å²) < 4.78 is 18.4. The third-order valence-electron chi connectivity index (χ3n) is 4.03. The lowest BCUT2D eigenvalue weighted by Crippen LogP contribution is -2.38. The van der Waals surface area contributed by atoms with E-state index < -0.39 is 0 Å². The first kappa shape index (κ1) is 16.4. The summed E-state index contributed by atoms with van der Waals surface area (Å²) in [6.45, 7) is 3.48. The van der Waals surface area contributed by atoms with Crippen molar-refractivity contribution in [3.63, 3.8) is 0 Å². The second kappa shape index (κ2) is 8.44. The Bertz CT molecular complexity index is 405. The molecule has 1 aromatic carbocycles. The lowest BCUT2D eigenvalue weighted by molar-refractivity contribution is -0.00802. The highest BCUT2D eigenvalue weighted by Crippen LogP contribution is 2.18. The summed E-state index contributed by atoms with van der Waals surface area (Å²) in [6, 6.07) is 6.39. The van der Waals surface area contributed by atoms with Crippen molar-refractivity contribution in [3.8, 4) is 0 Å². The molecular weight excluding hydrogens is 271 g/mol. The van der Waals surface area contributed by atoms with Crippen molar-refractivity contribution in [1.29, 1.82) is 0 Å². The molecule has 1 aromatic rings. The van der Waals surface area contributed by atoms with E-state index in [-0.39, 0.29) is 24.6 Å². The van der Waals surface area contributed by atoms with Crippen molar-refractivity contribution in [1.82, 2.24) is 4.90 Å². The van der Waals surface area contributed by atoms with Crippen LogP contribution in [0.15, 0.2) is 24.3 Å². The number of nitrogens with zero attached hydrogens (tertiary/aromatic N) is 1. The predicted molar refractivity (Wildman–Crippen MR) is 80.4 cm³/mol. The Labute approximate surface area is 125 Å². The highest BCUT2D eigenvalue weighted by molar-refractivity contribution is 5.19. The van der Waals surface area contributed by atoms with Gasteiger partial charge < -0.3 is 20.5 Å². The SMILES string of the molecule is NC(CCN1CCC(OCCO)CC1)c1ccc(F)cc1. The predicted octanol–water partition coefficient (Wildman–Crippen LogP) is 1.69. The minimum absolute atomic E-state index is 0.0473. The molecule has 21 heavy (non-hydrogen) atoms. The van der Waals surface area contributed by atoms with E-state index >= 15 is 0 Å². The molecule has 1 aliphatic rings. The van der Waals surface area contributed by atoms with Crippen molar-refractivity contribution in [2.24, 2.45) is 5.73 Å². The summed E-state index contributed by atoms with van der Waals surface area (Å²) in [4.78, 5) is 2.39. The van der Waals surface area contributed by atoms with Gasteiger partial charge in [-0.1, -0.05) is 12.1 Å². The summed E-state index contributed by atoms with van der Waals surface area (Å²) in [6.07, 6.45) is 3.16. The molecule has 5 heteroatoms. The fourth-order valence-electron chi connectivity index (χ4n) is 2.72. The van der Waals surface area contributed by atoms with E-state index in [0.717, 1.165) is 44.5 Å². The maximum Gasteiger partial charge on any atom is 0.123 e. The Morgan fingerprint density at radius 1 is 1.29 bits per heavy atom. The number of aliphatic hydroxyl groups excluding tert-OH is 1. The highest BCUT2D eigenvalue weighted by Gasteiger charge is 2.19. The Balaban J connectivity index is 1.68. The standard InChI is InChI=1S/C16H25FN2O2/c17-14-3-1-13(2-4-14)16(18)7-10-19-8-5-15(6-9-19)21-12-11-20/h1-4,15-16,20H,5-12,18H2. The number of piperidine rings is 1. The molecule has 1 unspecified atom stereocenters. The molecule has 0 spiro atoms. The number of nitrogens with two attached hydrogens (primary N) is 1. The van der Waals surface area contributed by atoms with Gasteiger partial charge in [-0.25, -0.2) is 4.39 Å². The zero-order valence-corrected chi connectivity index (χ0v) is 12.4. The van der Waals surface area contributed by atoms with E-state index in [1.165, 1.54) is 12.1 Å². The second-order valence-corrected chi connectivity index (χ2v) is 5.58. The Morgan fingerprint density at radius 3 is 2.57 bits per heavy atom. The average Bonchev–Trinajstić information content (AvgIpc) is 2.52. The van der Waals surface area contributed by atoms with Crippen LogP contribution in [0, 0.1) is 5.82 Å². The van der Waals surface area contributed by atoms with Gasteiger partial charge in [0.25, 0.3) is 0 Å². The quantitative estimate of drug-likeness (QED) is 0.804. The normalized spacial score (nSPS) is 18.8. The molecule has 1 atom stereocenters. The van der Waals surface area contributed by atoms with Crippen LogP contribution in [0.4, 0.5) is 4.39 Å². The van der Waals surface area contributed by atoms with Gasteiger partial charge in [0.2, 0.25) is 0 Å². The molecule has 1 fully saturated rings. The number of hydrogen-bond acceptors (Lipinski definition) is 4. The number of halogens is 1. The molecule has 0 amide bonds. The molecule has 0 bridgehead atoms. The zero-order valence-electron chi connectivity index (χ0n) is 12.4. The summed E-state index contributed by atoms with van der Waals surface area (Å²) in [5.41, 5.74) is 7.14. The molecule has 118 valence electrons. The minimum Gasteiger partial charge on any atom is -0.394 e. The van der Waals surface area contributed by atoms with E-state index in [0.29, 0.717) is 6.61 Å². The van der Waals surface area contributed by atoms with Crippen molar-refractivity contribution in [2.45, 2.75) is 31.4 Å². The van der Waals surface area contributed by atoms with Gasteiger partial charge in [-0.15, -0.1) is 0 Å². The van der Waals surface area contributed by atoms with Gasteiger partial charge in [-0.2, -0.15) is 0 Å². The number of benzene rings is 1. The first-order chi connectivity index (χ1) is 10.2. The molecule has 1 heterocycles. The minimum atomic E-state index is -0.226. The smallest absolute Gasteiger partial charge is 0.123 e. The van der Waals surface area contributed by atoms with Crippen LogP contribution < -0.4 is 5.73 Å². The van der Waals surface area contributed by atoms with Gasteiger partial charge in [0.15, 0.2) is 0 Å². The highest BCUT2D eigenvalue weighted by atomic mass is 19.1. The van der Waals surface area contributed by atoms with E-state index in [4.69, 9.17) is 15.6 Å². The molecular formula is C16H25FN2O2. The maximum absolute atomic E-state index is 12.9. The van der Waals surface area contributed by atoms with Crippen molar-refractivity contribution in [2.75, 3.05) is 32.8 Å². The Morgan fingerprint density at radius 2 is 1.95 bits per heavy atom. The largest absolute Gasteiger partial charge is 0.394 e. The van der Waals surface area contributed by atoms with Gasteiger partial charge in [0, 0.05) is 19.1 Å². The van der Waals surface area contributed by atoms with Gasteiger partial charge in [-0.05, 0) is 43.5 Å². The third-order valence-corrected chi connectivity index (χ3v) is 4.03. The van der Waals surface area contributed by atoms with E-state index in [1.807, 2.05) is 0 Å². The van der Waals surface area contributed by atoms with Crippen molar-refractivity contribution in [3.05, 3.63) is 35.6 Å². The van der Waals surface area contributed by atoms with E-state index in [9.17, 15) is 4.39 Å². The van der Waals surface area contributed by atoms with Crippen LogP contribution in [0.1, 0.15) is 30.9 Å². The molecule has 4 nitrogen and oxygen atoms in total. The Kier molecular flexibility index (Phi) is 6.57. The number of aliphatic hydroxyl groups is 1. The first-order valence-corrected chi connectivity index (χ1v) is 7.65. The van der Waals surface area contributed by atoms with Gasteiger partial charge in [0.05, 0.1) is 19.3 Å². The number of hydrogen-bond donors (Lipinski definition) is 2. The lowest BCUT2D eigenvalue weighted by Gasteiger charge is -2.32. The van der Waals surface area contributed by atoms with Crippen LogP contribution in [-0.4, -0.2) is 49.0 Å². The van der Waals surface area contributed by atoms with Gasteiger partial charge in [-0.3, -0.25) is 0 Å². The second-order valence-electron chi connectivity index (χ2n) is 5.58. The maximum atomic E-state index is 12.9. The van der Waals surface area contributed by atoms with E-state index in [2.05, 4.69) is 4.90 Å². The molecule has 0 saturated carbocycles. The molecule has 1 saturated heterocycles. The Hall–Kier alpha value is -1.01. The molecule has 0 aromatic heterocycles. The number of rotatable bonds is 7. The number of ether oxygens (including phenoxy) is 1. The average molecular weight is 296 g/mol. The third kappa shape index (κ3) is 5.36. The van der Waals surface area contributed by atoms with Crippen LogP contribution in [0.2, 0.25) is 0 Å². The summed E-state index contributed by atoms with van der Waals surface area (Å²) in [5, 5.41) is 8.75. The summed E-state index contributed by atoms with van der Waals surface area (Å²) in [7, 11) is 0. The first-order valence-electron chi connectivity index (χ1n) is 7.65. The van der Waals surface area contributed by atoms with Crippen LogP contribution in [-0.2, 0) is 4.74 Å². The molecule has 0 radical (unpaired) electrons. The molecule has 0 aliphatic carbocycles. The van der Waals surface area contributed by atoms with E-state index in [1.54, 1.807) is 12.1 Å². The van der Waals surface area contributed by atoms with Crippen LogP contribution >= 0.6 is 0 Å².